The molecule has 0 aliphatic rings. The molecule has 0 unspecified atom stereocenters. The zero-order valence-electron chi connectivity index (χ0n) is 15.5. The highest BCUT2D eigenvalue weighted by Gasteiger charge is 2.18. The summed E-state index contributed by atoms with van der Waals surface area (Å²) in [6.45, 7) is 1.61. The number of hydrogen-bond acceptors (Lipinski definition) is 6. The molecule has 7 nitrogen and oxygen atoms in total. The topological polar surface area (TPSA) is 86.1 Å². The number of nitrogens with one attached hydrogen (secondary N) is 1. The van der Waals surface area contributed by atoms with Crippen molar-refractivity contribution in [3.05, 3.63) is 76.0 Å². The molecule has 0 aliphatic heterocycles. The van der Waals surface area contributed by atoms with Crippen LogP contribution in [0.5, 0.6) is 5.75 Å². The van der Waals surface area contributed by atoms with Crippen LogP contribution in [-0.2, 0) is 0 Å². The van der Waals surface area contributed by atoms with Gasteiger partial charge in [0, 0.05) is 11.8 Å². The van der Waals surface area contributed by atoms with Crippen LogP contribution in [0.1, 0.15) is 16.2 Å². The predicted molar refractivity (Wildman–Crippen MR) is 109 cm³/mol. The quantitative estimate of drug-likeness (QED) is 0.556. The number of nitrogens with zero attached hydrogens (tertiary/aromatic N) is 3. The summed E-state index contributed by atoms with van der Waals surface area (Å²) in [6.07, 6.45) is 0. The van der Waals surface area contributed by atoms with Gasteiger partial charge in [-0.3, -0.25) is 14.9 Å². The zero-order valence-corrected chi connectivity index (χ0v) is 16.3. The third kappa shape index (κ3) is 3.59. The monoisotopic (exact) mass is 410 g/mol. The van der Waals surface area contributed by atoms with Gasteiger partial charge in [-0.2, -0.15) is 5.10 Å². The van der Waals surface area contributed by atoms with E-state index in [1.54, 1.807) is 44.4 Å². The van der Waals surface area contributed by atoms with Gasteiger partial charge in [-0.1, -0.05) is 23.5 Å². The smallest absolute Gasteiger partial charge is 0.281 e. The molecule has 2 aromatic carbocycles. The van der Waals surface area contributed by atoms with E-state index in [1.807, 2.05) is 0 Å². The van der Waals surface area contributed by atoms with Crippen molar-refractivity contribution < 1.29 is 13.9 Å². The maximum Gasteiger partial charge on any atom is 0.281 e. The Labute approximate surface area is 168 Å². The first-order chi connectivity index (χ1) is 14.0. The number of rotatable bonds is 4. The van der Waals surface area contributed by atoms with Gasteiger partial charge < -0.3 is 4.74 Å². The molecule has 29 heavy (non-hydrogen) atoms. The van der Waals surface area contributed by atoms with Crippen LogP contribution < -0.4 is 15.5 Å². The molecule has 0 spiro atoms. The van der Waals surface area contributed by atoms with Crippen molar-refractivity contribution >= 4 is 32.6 Å². The zero-order chi connectivity index (χ0) is 20.5. The van der Waals surface area contributed by atoms with Crippen LogP contribution in [0, 0.1) is 12.7 Å². The molecule has 1 N–H and O–H groups in total. The second-order valence-electron chi connectivity index (χ2n) is 6.17. The van der Waals surface area contributed by atoms with Crippen LogP contribution in [-0.4, -0.2) is 27.8 Å². The summed E-state index contributed by atoms with van der Waals surface area (Å²) in [5, 5.41) is 7.00. The van der Waals surface area contributed by atoms with E-state index in [0.717, 1.165) is 4.70 Å². The number of methoxy groups -OCH3 is 1. The summed E-state index contributed by atoms with van der Waals surface area (Å²) in [5.74, 6) is -0.559. The van der Waals surface area contributed by atoms with Crippen molar-refractivity contribution in [1.29, 1.82) is 0 Å². The number of benzene rings is 2. The van der Waals surface area contributed by atoms with Gasteiger partial charge in [0.1, 0.15) is 17.3 Å². The van der Waals surface area contributed by atoms with Crippen LogP contribution >= 0.6 is 11.3 Å². The van der Waals surface area contributed by atoms with Gasteiger partial charge in [-0.25, -0.2) is 14.1 Å². The Morgan fingerprint density at radius 3 is 2.76 bits per heavy atom. The Bertz CT molecular complexity index is 1300. The maximum absolute atomic E-state index is 14.2. The van der Waals surface area contributed by atoms with Gasteiger partial charge in [-0.05, 0) is 37.3 Å². The van der Waals surface area contributed by atoms with Crippen molar-refractivity contribution in [2.24, 2.45) is 0 Å². The molecule has 4 aromatic rings. The van der Waals surface area contributed by atoms with E-state index in [2.05, 4.69) is 15.4 Å². The lowest BCUT2D eigenvalue weighted by atomic mass is 10.2. The molecule has 0 saturated heterocycles. The van der Waals surface area contributed by atoms with Gasteiger partial charge in [0.2, 0.25) is 5.43 Å². The number of aryl methyl sites for hydroxylation is 1. The summed E-state index contributed by atoms with van der Waals surface area (Å²) in [5.41, 5.74) is 0.327. The molecule has 0 saturated carbocycles. The summed E-state index contributed by atoms with van der Waals surface area (Å²) in [6, 6.07) is 12.6. The lowest BCUT2D eigenvalue weighted by molar-refractivity contribution is 0.101. The molecule has 0 bridgehead atoms. The fourth-order valence-corrected chi connectivity index (χ4v) is 3.70. The highest BCUT2D eigenvalue weighted by molar-refractivity contribution is 7.22. The molecule has 0 atom stereocenters. The summed E-state index contributed by atoms with van der Waals surface area (Å²) < 4.78 is 21.4. The van der Waals surface area contributed by atoms with Crippen LogP contribution in [0.2, 0.25) is 0 Å². The first kappa shape index (κ1) is 18.8. The van der Waals surface area contributed by atoms with E-state index in [4.69, 9.17) is 4.74 Å². The molecule has 9 heteroatoms. The Balaban J connectivity index is 1.69. The molecule has 2 heterocycles. The van der Waals surface area contributed by atoms with Crippen LogP contribution in [0.4, 0.5) is 9.52 Å². The Morgan fingerprint density at radius 1 is 1.21 bits per heavy atom. The summed E-state index contributed by atoms with van der Waals surface area (Å²) >= 11 is 1.24. The third-order valence-corrected chi connectivity index (χ3v) is 5.15. The number of carbonyl (C=O) groups excluding carboxylic acids is 1. The number of hydrogen-bond donors (Lipinski definition) is 1. The average molecular weight is 410 g/mol. The molecular formula is C20H15FN4O3S. The van der Waals surface area contributed by atoms with Gasteiger partial charge in [0.15, 0.2) is 10.8 Å². The minimum absolute atomic E-state index is 0.145. The highest BCUT2D eigenvalue weighted by Crippen LogP contribution is 2.29. The molecular weight excluding hydrogens is 395 g/mol. The molecule has 4 rings (SSSR count). The fraction of sp³-hybridized carbons (Fsp3) is 0.100. The van der Waals surface area contributed by atoms with E-state index in [9.17, 15) is 14.0 Å². The van der Waals surface area contributed by atoms with Crippen LogP contribution in [0.15, 0.2) is 53.3 Å². The lowest BCUT2D eigenvalue weighted by Gasteiger charge is -2.11. The number of halogens is 1. The maximum atomic E-state index is 14.2. The average Bonchev–Trinajstić information content (AvgIpc) is 3.10. The minimum atomic E-state index is -0.717. The second kappa shape index (κ2) is 7.44. The van der Waals surface area contributed by atoms with E-state index >= 15 is 0 Å². The van der Waals surface area contributed by atoms with Crippen molar-refractivity contribution in [3.63, 3.8) is 0 Å². The van der Waals surface area contributed by atoms with Gasteiger partial charge >= 0.3 is 0 Å². The SMILES string of the molecule is COc1ccc2nc(NC(=O)c3nn(-c4ccccc4F)c(C)cc3=O)sc2c1. The normalized spacial score (nSPS) is 10.9. The van der Waals surface area contributed by atoms with Crippen LogP contribution in [0.25, 0.3) is 15.9 Å². The molecule has 1 amide bonds. The summed E-state index contributed by atoms with van der Waals surface area (Å²) in [4.78, 5) is 29.3. The van der Waals surface area contributed by atoms with Gasteiger partial charge in [-0.15, -0.1) is 0 Å². The number of thiazole rings is 1. The summed E-state index contributed by atoms with van der Waals surface area (Å²) in [7, 11) is 1.56. The molecule has 146 valence electrons. The van der Waals surface area contributed by atoms with E-state index in [0.29, 0.717) is 22.1 Å². The number of fused-ring (bicyclic) bond motifs is 1. The number of aromatic nitrogens is 3. The second-order valence-corrected chi connectivity index (χ2v) is 7.20. The van der Waals surface area contributed by atoms with Gasteiger partial charge in [0.25, 0.3) is 5.91 Å². The number of para-hydroxylation sites is 1. The Morgan fingerprint density at radius 2 is 2.00 bits per heavy atom. The molecule has 0 fully saturated rings. The highest BCUT2D eigenvalue weighted by atomic mass is 32.1. The molecule has 2 aromatic heterocycles. The number of anilines is 1. The minimum Gasteiger partial charge on any atom is -0.497 e. The number of amides is 1. The van der Waals surface area contributed by atoms with Crippen molar-refractivity contribution in [2.45, 2.75) is 6.92 Å². The first-order valence-electron chi connectivity index (χ1n) is 8.58. The number of carbonyl (C=O) groups is 1. The standard InChI is InChI=1S/C20H15FN4O3S/c1-11-9-16(26)18(24-25(11)15-6-4-3-5-13(15)21)19(27)23-20-22-14-8-7-12(28-2)10-17(14)29-20/h3-10H,1-2H3,(H,22,23,27). The fourth-order valence-electron chi connectivity index (χ4n) is 2.81. The Kier molecular flexibility index (Phi) is 4.81. The van der Waals surface area contributed by atoms with E-state index < -0.39 is 17.2 Å². The predicted octanol–water partition coefficient (Wildman–Crippen LogP) is 3.55. The van der Waals surface area contributed by atoms with Crippen LogP contribution in [0.3, 0.4) is 0 Å². The third-order valence-electron chi connectivity index (χ3n) is 4.22. The van der Waals surface area contributed by atoms with Gasteiger partial charge in [0.05, 0.1) is 17.3 Å². The number of ether oxygens (including phenoxy) is 1. The van der Waals surface area contributed by atoms with E-state index in [-0.39, 0.29) is 11.4 Å². The molecule has 0 radical (unpaired) electrons. The van der Waals surface area contributed by atoms with Crippen molar-refractivity contribution in [3.8, 4) is 11.4 Å². The Hall–Kier alpha value is -3.59. The van der Waals surface area contributed by atoms with Crippen molar-refractivity contribution in [1.82, 2.24) is 14.8 Å². The lowest BCUT2D eigenvalue weighted by Crippen LogP contribution is -2.27. The largest absolute Gasteiger partial charge is 0.497 e. The van der Waals surface area contributed by atoms with E-state index in [1.165, 1.54) is 34.2 Å². The molecule has 0 aliphatic carbocycles. The van der Waals surface area contributed by atoms with Crippen molar-refractivity contribution in [2.75, 3.05) is 12.4 Å². The first-order valence-corrected chi connectivity index (χ1v) is 9.40.